The van der Waals surface area contributed by atoms with Gasteiger partial charge in [0.2, 0.25) is 0 Å². The Morgan fingerprint density at radius 2 is 1.72 bits per heavy atom. The summed E-state index contributed by atoms with van der Waals surface area (Å²) in [4.78, 5) is 10.8. The number of hydrogen-bond donors (Lipinski definition) is 3. The number of carbonyl (C=O) groups is 1. The SMILES string of the molecule is O=C(O)CCc1ccc(-c2ccc3c(c2)C[C@@H](NC[C@H](O)c2ccc(Cl)cc2)CC3)cc1. The minimum absolute atomic E-state index is 0.152. The van der Waals surface area contributed by atoms with Gasteiger partial charge in [0, 0.05) is 24.0 Å². The van der Waals surface area contributed by atoms with Crippen LogP contribution in [0.15, 0.2) is 66.7 Å². The highest BCUT2D eigenvalue weighted by atomic mass is 35.5. The summed E-state index contributed by atoms with van der Waals surface area (Å²) in [5, 5.41) is 23.5. The third kappa shape index (κ3) is 5.77. The van der Waals surface area contributed by atoms with Crippen LogP contribution in [0.25, 0.3) is 11.1 Å². The number of benzene rings is 3. The largest absolute Gasteiger partial charge is 0.481 e. The third-order valence-corrected chi connectivity index (χ3v) is 6.46. The van der Waals surface area contributed by atoms with Crippen molar-refractivity contribution in [3.05, 3.63) is 94.0 Å². The van der Waals surface area contributed by atoms with Crippen LogP contribution in [0.5, 0.6) is 0 Å². The fraction of sp³-hybridized carbons (Fsp3) is 0.296. The first-order chi connectivity index (χ1) is 15.5. The van der Waals surface area contributed by atoms with Gasteiger partial charge in [0.1, 0.15) is 0 Å². The number of halogens is 1. The number of aryl methyl sites for hydroxylation is 2. The Bertz CT molecular complexity index is 1060. The first-order valence-corrected chi connectivity index (χ1v) is 11.5. The summed E-state index contributed by atoms with van der Waals surface area (Å²) in [5.74, 6) is -0.771. The van der Waals surface area contributed by atoms with Gasteiger partial charge in [-0.15, -0.1) is 0 Å². The molecule has 4 nitrogen and oxygen atoms in total. The highest BCUT2D eigenvalue weighted by Crippen LogP contribution is 2.28. The summed E-state index contributed by atoms with van der Waals surface area (Å²) >= 11 is 5.93. The standard InChI is InChI=1S/C27H28ClNO3/c28-24-11-8-21(9-12-24)26(30)17-29-25-13-10-20-6-7-22(15-23(20)16-25)19-4-1-18(2-5-19)3-14-27(31)32/h1-2,4-9,11-12,15,25-26,29-30H,3,10,13-14,16-17H2,(H,31,32)/t25-,26-/m0/s1. The molecule has 0 fully saturated rings. The zero-order valence-electron chi connectivity index (χ0n) is 17.9. The van der Waals surface area contributed by atoms with E-state index < -0.39 is 12.1 Å². The molecule has 0 unspecified atom stereocenters. The molecule has 0 radical (unpaired) electrons. The Kier molecular flexibility index (Phi) is 7.26. The molecule has 0 bridgehead atoms. The third-order valence-electron chi connectivity index (χ3n) is 6.20. The molecule has 4 rings (SSSR count). The molecule has 1 aliphatic carbocycles. The number of aliphatic hydroxyl groups excluding tert-OH is 1. The van der Waals surface area contributed by atoms with Crippen molar-refractivity contribution < 1.29 is 15.0 Å². The van der Waals surface area contributed by atoms with Crippen LogP contribution in [0, 0.1) is 0 Å². The molecular formula is C27H28ClNO3. The summed E-state index contributed by atoms with van der Waals surface area (Å²) in [6.07, 6.45) is 3.16. The highest BCUT2D eigenvalue weighted by molar-refractivity contribution is 6.30. The van der Waals surface area contributed by atoms with E-state index in [0.717, 1.165) is 36.0 Å². The summed E-state index contributed by atoms with van der Waals surface area (Å²) in [5.41, 5.74) is 6.96. The Balaban J connectivity index is 1.38. The monoisotopic (exact) mass is 449 g/mol. The van der Waals surface area contributed by atoms with E-state index in [1.165, 1.54) is 16.7 Å². The van der Waals surface area contributed by atoms with E-state index in [1.807, 2.05) is 24.3 Å². The number of carboxylic acids is 1. The number of carboxylic acid groups (broad SMARTS) is 1. The molecule has 32 heavy (non-hydrogen) atoms. The minimum Gasteiger partial charge on any atom is -0.481 e. The van der Waals surface area contributed by atoms with Crippen LogP contribution in [0.1, 0.15) is 41.2 Å². The van der Waals surface area contributed by atoms with Gasteiger partial charge in [-0.25, -0.2) is 0 Å². The number of aliphatic carboxylic acids is 1. The minimum atomic E-state index is -0.771. The van der Waals surface area contributed by atoms with Gasteiger partial charge in [-0.1, -0.05) is 66.2 Å². The molecule has 2 atom stereocenters. The van der Waals surface area contributed by atoms with E-state index in [1.54, 1.807) is 12.1 Å². The van der Waals surface area contributed by atoms with Crippen LogP contribution in [0.2, 0.25) is 5.02 Å². The van der Waals surface area contributed by atoms with Gasteiger partial charge in [-0.3, -0.25) is 4.79 Å². The van der Waals surface area contributed by atoms with Gasteiger partial charge in [0.15, 0.2) is 0 Å². The van der Waals surface area contributed by atoms with Crippen LogP contribution in [-0.2, 0) is 24.1 Å². The second kappa shape index (κ2) is 10.3. The lowest BCUT2D eigenvalue weighted by molar-refractivity contribution is -0.136. The zero-order chi connectivity index (χ0) is 22.5. The Hall–Kier alpha value is -2.66. The summed E-state index contributed by atoms with van der Waals surface area (Å²) < 4.78 is 0. The van der Waals surface area contributed by atoms with Crippen molar-refractivity contribution in [2.24, 2.45) is 0 Å². The van der Waals surface area contributed by atoms with Gasteiger partial charge in [-0.05, 0) is 71.2 Å². The van der Waals surface area contributed by atoms with E-state index in [-0.39, 0.29) is 6.42 Å². The Labute approximate surface area is 193 Å². The van der Waals surface area contributed by atoms with E-state index >= 15 is 0 Å². The van der Waals surface area contributed by atoms with Crippen LogP contribution < -0.4 is 5.32 Å². The summed E-state index contributed by atoms with van der Waals surface area (Å²) in [6, 6.07) is 22.5. The van der Waals surface area contributed by atoms with Gasteiger partial charge >= 0.3 is 5.97 Å². The van der Waals surface area contributed by atoms with Crippen molar-refractivity contribution in [1.82, 2.24) is 5.32 Å². The molecular weight excluding hydrogens is 422 g/mol. The number of aliphatic hydroxyl groups is 1. The van der Waals surface area contributed by atoms with Crippen LogP contribution in [0.4, 0.5) is 0 Å². The molecule has 5 heteroatoms. The van der Waals surface area contributed by atoms with E-state index in [0.29, 0.717) is 24.0 Å². The fourth-order valence-electron chi connectivity index (χ4n) is 4.31. The maximum absolute atomic E-state index is 10.8. The van der Waals surface area contributed by atoms with Crippen molar-refractivity contribution in [1.29, 1.82) is 0 Å². The Morgan fingerprint density at radius 1 is 1.00 bits per heavy atom. The predicted octanol–water partition coefficient (Wildman–Crippen LogP) is 5.20. The number of fused-ring (bicyclic) bond motifs is 1. The maximum Gasteiger partial charge on any atom is 0.303 e. The zero-order valence-corrected chi connectivity index (χ0v) is 18.7. The predicted molar refractivity (Wildman–Crippen MR) is 128 cm³/mol. The number of hydrogen-bond acceptors (Lipinski definition) is 3. The number of rotatable bonds is 8. The van der Waals surface area contributed by atoms with Crippen molar-refractivity contribution in [2.75, 3.05) is 6.54 Å². The first kappa shape index (κ1) is 22.5. The van der Waals surface area contributed by atoms with Gasteiger partial charge in [0.25, 0.3) is 0 Å². The summed E-state index contributed by atoms with van der Waals surface area (Å²) in [7, 11) is 0. The molecule has 0 spiro atoms. The maximum atomic E-state index is 10.8. The quantitative estimate of drug-likeness (QED) is 0.441. The molecule has 0 heterocycles. The average molecular weight is 450 g/mol. The molecule has 3 aromatic rings. The topological polar surface area (TPSA) is 69.6 Å². The number of nitrogens with one attached hydrogen (secondary N) is 1. The lowest BCUT2D eigenvalue weighted by Gasteiger charge is -2.27. The molecule has 0 amide bonds. The fourth-order valence-corrected chi connectivity index (χ4v) is 4.43. The second-order valence-corrected chi connectivity index (χ2v) is 8.93. The summed E-state index contributed by atoms with van der Waals surface area (Å²) in [6.45, 7) is 0.513. The van der Waals surface area contributed by atoms with Crippen molar-refractivity contribution in [3.8, 4) is 11.1 Å². The smallest absolute Gasteiger partial charge is 0.303 e. The molecule has 3 aromatic carbocycles. The molecule has 0 aliphatic heterocycles. The molecule has 0 aromatic heterocycles. The van der Waals surface area contributed by atoms with Gasteiger partial charge in [0.05, 0.1) is 6.10 Å². The van der Waals surface area contributed by atoms with Crippen molar-refractivity contribution in [2.45, 2.75) is 44.2 Å². The lowest BCUT2D eigenvalue weighted by atomic mass is 9.86. The van der Waals surface area contributed by atoms with Gasteiger partial charge in [-0.2, -0.15) is 0 Å². The van der Waals surface area contributed by atoms with Crippen LogP contribution >= 0.6 is 11.6 Å². The highest BCUT2D eigenvalue weighted by Gasteiger charge is 2.20. The normalized spacial score (nSPS) is 16.4. The second-order valence-electron chi connectivity index (χ2n) is 8.49. The molecule has 0 saturated heterocycles. The van der Waals surface area contributed by atoms with Gasteiger partial charge < -0.3 is 15.5 Å². The van der Waals surface area contributed by atoms with E-state index in [4.69, 9.17) is 16.7 Å². The molecule has 0 saturated carbocycles. The molecule has 1 aliphatic rings. The van der Waals surface area contributed by atoms with Crippen LogP contribution in [0.3, 0.4) is 0 Å². The van der Waals surface area contributed by atoms with Crippen LogP contribution in [-0.4, -0.2) is 28.8 Å². The Morgan fingerprint density at radius 3 is 2.44 bits per heavy atom. The first-order valence-electron chi connectivity index (χ1n) is 11.1. The van der Waals surface area contributed by atoms with Crippen molar-refractivity contribution >= 4 is 17.6 Å². The molecule has 3 N–H and O–H groups in total. The van der Waals surface area contributed by atoms with E-state index in [9.17, 15) is 9.90 Å². The average Bonchev–Trinajstić information content (AvgIpc) is 2.81. The van der Waals surface area contributed by atoms with E-state index in [2.05, 4.69) is 35.6 Å². The lowest BCUT2D eigenvalue weighted by Crippen LogP contribution is -2.37. The molecule has 166 valence electrons. The van der Waals surface area contributed by atoms with Crippen molar-refractivity contribution in [3.63, 3.8) is 0 Å².